The van der Waals surface area contributed by atoms with Crippen molar-refractivity contribution >= 4 is 10.0 Å². The van der Waals surface area contributed by atoms with E-state index in [0.717, 1.165) is 29.7 Å². The first-order chi connectivity index (χ1) is 9.95. The Hall–Kier alpha value is -1.66. The molecule has 1 unspecified atom stereocenters. The second-order valence-electron chi connectivity index (χ2n) is 5.70. The number of aryl methyl sites for hydroxylation is 3. The third-order valence-corrected chi connectivity index (χ3v) is 5.64. The van der Waals surface area contributed by atoms with Crippen molar-refractivity contribution in [3.63, 3.8) is 0 Å². The number of hydrogen-bond acceptors (Lipinski definition) is 3. The lowest BCUT2D eigenvalue weighted by atomic mass is 9.95. The molecule has 1 heterocycles. The molecule has 1 aliphatic rings. The second-order valence-corrected chi connectivity index (χ2v) is 7.39. The number of nitrogens with one attached hydrogen (secondary N) is 2. The quantitative estimate of drug-likeness (QED) is 0.909. The lowest BCUT2D eigenvalue weighted by Crippen LogP contribution is -2.39. The molecule has 0 spiro atoms. The molecule has 0 fully saturated rings. The van der Waals surface area contributed by atoms with Crippen LogP contribution in [0.5, 0.6) is 0 Å². The van der Waals surface area contributed by atoms with Crippen molar-refractivity contribution in [2.24, 2.45) is 0 Å². The van der Waals surface area contributed by atoms with Gasteiger partial charge in [0.05, 0.1) is 11.1 Å². The van der Waals surface area contributed by atoms with Crippen molar-refractivity contribution in [2.45, 2.75) is 44.0 Å². The van der Waals surface area contributed by atoms with Crippen molar-refractivity contribution in [1.29, 1.82) is 0 Å². The fourth-order valence-electron chi connectivity index (χ4n) is 2.79. The molecular weight excluding hydrogens is 286 g/mol. The van der Waals surface area contributed by atoms with Gasteiger partial charge in [-0.2, -0.15) is 5.10 Å². The van der Waals surface area contributed by atoms with Crippen LogP contribution in [0.1, 0.15) is 28.8 Å². The highest BCUT2D eigenvalue weighted by molar-refractivity contribution is 7.89. The van der Waals surface area contributed by atoms with E-state index in [1.165, 1.54) is 5.56 Å². The summed E-state index contributed by atoms with van der Waals surface area (Å²) < 4.78 is 28.0. The molecule has 0 radical (unpaired) electrons. The first-order valence-corrected chi connectivity index (χ1v) is 8.55. The Kier molecular flexibility index (Phi) is 3.59. The monoisotopic (exact) mass is 305 g/mol. The number of fused-ring (bicyclic) bond motifs is 1. The summed E-state index contributed by atoms with van der Waals surface area (Å²) in [5.74, 6) is 0. The molecule has 5 nitrogen and oxygen atoms in total. The first kappa shape index (κ1) is 14.3. The van der Waals surface area contributed by atoms with Crippen LogP contribution < -0.4 is 4.72 Å². The summed E-state index contributed by atoms with van der Waals surface area (Å²) in [5.41, 5.74) is 3.94. The van der Waals surface area contributed by atoms with E-state index in [1.807, 2.05) is 32.2 Å². The topological polar surface area (TPSA) is 74.8 Å². The fraction of sp³-hybridized carbons (Fsp3) is 0.400. The molecule has 112 valence electrons. The Bertz CT molecular complexity index is 765. The van der Waals surface area contributed by atoms with Crippen LogP contribution in [0.15, 0.2) is 29.3 Å². The second kappa shape index (κ2) is 5.27. The summed E-state index contributed by atoms with van der Waals surface area (Å²) in [4.78, 5) is 0.373. The summed E-state index contributed by atoms with van der Waals surface area (Å²) >= 11 is 0. The van der Waals surface area contributed by atoms with Crippen LogP contribution in [-0.4, -0.2) is 24.7 Å². The van der Waals surface area contributed by atoms with Gasteiger partial charge in [-0.05, 0) is 49.4 Å². The summed E-state index contributed by atoms with van der Waals surface area (Å²) in [6.45, 7) is 3.72. The number of aromatic amines is 1. The first-order valence-electron chi connectivity index (χ1n) is 7.06. The molecule has 1 aliphatic carbocycles. The van der Waals surface area contributed by atoms with Gasteiger partial charge in [0.25, 0.3) is 0 Å². The molecule has 0 bridgehead atoms. The molecule has 6 heteroatoms. The van der Waals surface area contributed by atoms with Crippen molar-refractivity contribution < 1.29 is 8.42 Å². The third kappa shape index (κ3) is 2.87. The van der Waals surface area contributed by atoms with Gasteiger partial charge < -0.3 is 0 Å². The highest BCUT2D eigenvalue weighted by atomic mass is 32.2. The summed E-state index contributed by atoms with van der Waals surface area (Å²) in [7, 11) is -3.48. The van der Waals surface area contributed by atoms with Gasteiger partial charge in [0.1, 0.15) is 0 Å². The largest absolute Gasteiger partial charge is 0.282 e. The van der Waals surface area contributed by atoms with E-state index in [9.17, 15) is 8.42 Å². The number of nitrogens with zero attached hydrogens (tertiary/aromatic N) is 1. The number of benzene rings is 1. The summed E-state index contributed by atoms with van der Waals surface area (Å²) in [6.07, 6.45) is 4.15. The van der Waals surface area contributed by atoms with Gasteiger partial charge in [-0.15, -0.1) is 0 Å². The molecule has 2 aromatic rings. The smallest absolute Gasteiger partial charge is 0.241 e. The van der Waals surface area contributed by atoms with E-state index in [1.54, 1.807) is 6.07 Å². The predicted octanol–water partition coefficient (Wildman–Crippen LogP) is 1.86. The maximum Gasteiger partial charge on any atom is 0.241 e. The number of sulfonamides is 1. The van der Waals surface area contributed by atoms with Crippen molar-refractivity contribution in [1.82, 2.24) is 14.9 Å². The van der Waals surface area contributed by atoms with Crippen molar-refractivity contribution in [2.75, 3.05) is 0 Å². The summed E-state index contributed by atoms with van der Waals surface area (Å²) in [6, 6.07) is 5.41. The fourth-order valence-corrected chi connectivity index (χ4v) is 4.39. The van der Waals surface area contributed by atoms with Gasteiger partial charge in [-0.25, -0.2) is 13.1 Å². The van der Waals surface area contributed by atoms with Crippen LogP contribution in [0.25, 0.3) is 0 Å². The molecule has 2 N–H and O–H groups in total. The van der Waals surface area contributed by atoms with Gasteiger partial charge in [0, 0.05) is 18.2 Å². The Morgan fingerprint density at radius 3 is 2.95 bits per heavy atom. The van der Waals surface area contributed by atoms with E-state index >= 15 is 0 Å². The molecule has 1 aromatic carbocycles. The molecule has 1 aromatic heterocycles. The van der Waals surface area contributed by atoms with Crippen LogP contribution in [0.2, 0.25) is 0 Å². The van der Waals surface area contributed by atoms with Gasteiger partial charge >= 0.3 is 0 Å². The van der Waals surface area contributed by atoms with Gasteiger partial charge in [0.15, 0.2) is 0 Å². The lowest BCUT2D eigenvalue weighted by molar-refractivity contribution is 0.503. The van der Waals surface area contributed by atoms with E-state index < -0.39 is 10.0 Å². The molecule has 0 amide bonds. The Balaban J connectivity index is 1.83. The Morgan fingerprint density at radius 2 is 2.14 bits per heavy atom. The number of hydrogen-bond donors (Lipinski definition) is 2. The van der Waals surface area contributed by atoms with Crippen molar-refractivity contribution in [3.8, 4) is 0 Å². The average molecular weight is 305 g/mol. The molecular formula is C15H19N3O2S. The summed E-state index contributed by atoms with van der Waals surface area (Å²) in [5, 5.41) is 6.97. The van der Waals surface area contributed by atoms with Gasteiger partial charge in [-0.3, -0.25) is 5.10 Å². The maximum atomic E-state index is 12.6. The molecule has 3 rings (SSSR count). The molecule has 0 saturated heterocycles. The number of aromatic nitrogens is 2. The van der Waals surface area contributed by atoms with E-state index in [0.29, 0.717) is 11.3 Å². The van der Waals surface area contributed by atoms with Gasteiger partial charge in [-0.1, -0.05) is 12.1 Å². The Labute approximate surface area is 124 Å². The highest BCUT2D eigenvalue weighted by Crippen LogP contribution is 2.22. The highest BCUT2D eigenvalue weighted by Gasteiger charge is 2.26. The van der Waals surface area contributed by atoms with Crippen LogP contribution in [0, 0.1) is 13.8 Å². The van der Waals surface area contributed by atoms with Crippen LogP contribution in [0.4, 0.5) is 0 Å². The van der Waals surface area contributed by atoms with Gasteiger partial charge in [0.2, 0.25) is 10.0 Å². The number of H-pyrrole nitrogens is 1. The third-order valence-electron chi connectivity index (χ3n) is 3.98. The van der Waals surface area contributed by atoms with Crippen molar-refractivity contribution in [3.05, 3.63) is 46.8 Å². The lowest BCUT2D eigenvalue weighted by Gasteiger charge is -2.23. The van der Waals surface area contributed by atoms with Crippen LogP contribution in [0.3, 0.4) is 0 Å². The zero-order valence-electron chi connectivity index (χ0n) is 12.2. The minimum Gasteiger partial charge on any atom is -0.282 e. The van der Waals surface area contributed by atoms with Crippen LogP contribution in [-0.2, 0) is 22.9 Å². The molecule has 21 heavy (non-hydrogen) atoms. The van der Waals surface area contributed by atoms with E-state index in [-0.39, 0.29) is 6.04 Å². The maximum absolute atomic E-state index is 12.6. The Morgan fingerprint density at radius 1 is 1.33 bits per heavy atom. The molecule has 1 atom stereocenters. The zero-order chi connectivity index (χ0) is 15.0. The van der Waals surface area contributed by atoms with Crippen LogP contribution >= 0.6 is 0 Å². The molecule has 0 aliphatic heterocycles. The number of rotatable bonds is 3. The minimum atomic E-state index is -3.48. The standard InChI is InChI=1S/C15H19N3O2S/c1-10-3-4-11(2)15(7-10)21(19,20)18-13-6-5-12-9-16-17-14(12)8-13/h3-4,7,9,13,18H,5-6,8H2,1-2H3,(H,16,17). The normalized spacial score (nSPS) is 18.5. The SMILES string of the molecule is Cc1ccc(C)c(S(=O)(=O)NC2CCc3cn[nH]c3C2)c1. The van der Waals surface area contributed by atoms with E-state index in [4.69, 9.17) is 0 Å². The zero-order valence-corrected chi connectivity index (χ0v) is 13.0. The minimum absolute atomic E-state index is 0.0807. The average Bonchev–Trinajstić information content (AvgIpc) is 2.88. The predicted molar refractivity (Wildman–Crippen MR) is 80.6 cm³/mol. The molecule has 0 saturated carbocycles. The van der Waals surface area contributed by atoms with E-state index in [2.05, 4.69) is 14.9 Å².